The van der Waals surface area contributed by atoms with E-state index >= 15 is 0 Å². The maximum Gasteiger partial charge on any atom is 0.339 e. The highest BCUT2D eigenvalue weighted by molar-refractivity contribution is 5.96. The summed E-state index contributed by atoms with van der Waals surface area (Å²) in [5.74, 6) is 0.310. The van der Waals surface area contributed by atoms with E-state index < -0.39 is 5.97 Å². The van der Waals surface area contributed by atoms with Crippen LogP contribution in [0.2, 0.25) is 0 Å². The molecule has 1 amide bonds. The minimum absolute atomic E-state index is 0.156. The van der Waals surface area contributed by atoms with E-state index in [9.17, 15) is 9.59 Å². The van der Waals surface area contributed by atoms with Crippen molar-refractivity contribution in [3.63, 3.8) is 0 Å². The molecule has 11 nitrogen and oxygen atoms in total. The molecule has 4 rings (SSSR count). The fourth-order valence-electron chi connectivity index (χ4n) is 3.75. The number of hydrogen-bond acceptors (Lipinski definition) is 7. The lowest BCUT2D eigenvalue weighted by Crippen LogP contribution is -2.25. The number of rotatable bonds is 11. The first kappa shape index (κ1) is 30.4. The van der Waals surface area contributed by atoms with Gasteiger partial charge in [-0.2, -0.15) is 10.2 Å². The fraction of sp³-hybridized carbons (Fsp3) is 0.200. The third-order valence-corrected chi connectivity index (χ3v) is 6.00. The van der Waals surface area contributed by atoms with E-state index in [2.05, 4.69) is 23.4 Å². The van der Waals surface area contributed by atoms with Gasteiger partial charge < -0.3 is 14.6 Å². The van der Waals surface area contributed by atoms with Crippen LogP contribution in [0.15, 0.2) is 74.1 Å². The molecule has 41 heavy (non-hydrogen) atoms. The van der Waals surface area contributed by atoms with Crippen LogP contribution in [0.25, 0.3) is 12.2 Å². The van der Waals surface area contributed by atoms with Crippen LogP contribution in [0, 0.1) is 0 Å². The predicted molar refractivity (Wildman–Crippen MR) is 155 cm³/mol. The average molecular weight is 560 g/mol. The molecule has 0 fully saturated rings. The lowest BCUT2D eigenvalue weighted by Gasteiger charge is -2.12. The quantitative estimate of drug-likeness (QED) is 0.267. The van der Waals surface area contributed by atoms with E-state index in [4.69, 9.17) is 19.4 Å². The summed E-state index contributed by atoms with van der Waals surface area (Å²) in [5, 5.41) is 18.7. The van der Waals surface area contributed by atoms with E-state index in [1.807, 2.05) is 48.5 Å². The number of amides is 1. The van der Waals surface area contributed by atoms with Crippen LogP contribution < -0.4 is 9.47 Å². The first-order chi connectivity index (χ1) is 19.7. The SMILES string of the molecule is C=Cc1nn(Cc2ccc(OC)cc2)cc1C(=O)N(C)OC.C=Cc1nn(Cc2ccc(OC)cc2)cc1C(=O)O. The Morgan fingerprint density at radius 1 is 0.805 bits per heavy atom. The summed E-state index contributed by atoms with van der Waals surface area (Å²) >= 11 is 0. The van der Waals surface area contributed by atoms with Crippen LogP contribution in [0.5, 0.6) is 11.5 Å². The standard InChI is InChI=1S/C16H19N3O3.C14H14N2O3/c1-5-15-14(16(20)18(2)22-4)11-19(17-15)10-12-6-8-13(21-3)9-7-12;1-3-13-12(14(17)18)9-16(15-13)8-10-4-6-11(19-2)7-5-10/h5-9,11H,1,10H2,2-4H3;3-7,9H,1,8H2,2H3,(H,17,18). The number of ether oxygens (including phenoxy) is 2. The van der Waals surface area contributed by atoms with Crippen LogP contribution in [0.4, 0.5) is 0 Å². The minimum atomic E-state index is -1.00. The van der Waals surface area contributed by atoms with E-state index in [-0.39, 0.29) is 11.5 Å². The molecule has 214 valence electrons. The van der Waals surface area contributed by atoms with Gasteiger partial charge in [-0.05, 0) is 47.5 Å². The first-order valence-corrected chi connectivity index (χ1v) is 12.4. The number of methoxy groups -OCH3 is 2. The van der Waals surface area contributed by atoms with Crippen molar-refractivity contribution in [1.29, 1.82) is 0 Å². The van der Waals surface area contributed by atoms with Crippen molar-refractivity contribution in [3.8, 4) is 11.5 Å². The summed E-state index contributed by atoms with van der Waals surface area (Å²) in [4.78, 5) is 28.1. The summed E-state index contributed by atoms with van der Waals surface area (Å²) in [7, 11) is 6.23. The molecule has 0 atom stereocenters. The third kappa shape index (κ3) is 7.93. The number of hydrogen-bond donors (Lipinski definition) is 1. The van der Waals surface area contributed by atoms with E-state index in [1.165, 1.54) is 19.4 Å². The zero-order valence-corrected chi connectivity index (χ0v) is 23.5. The molecule has 0 saturated carbocycles. The molecule has 2 heterocycles. The molecular weight excluding hydrogens is 526 g/mol. The molecule has 0 unspecified atom stereocenters. The normalized spacial score (nSPS) is 10.2. The van der Waals surface area contributed by atoms with Gasteiger partial charge >= 0.3 is 5.97 Å². The number of aromatic nitrogens is 4. The van der Waals surface area contributed by atoms with Crippen molar-refractivity contribution in [1.82, 2.24) is 24.6 Å². The zero-order valence-electron chi connectivity index (χ0n) is 23.5. The number of hydroxylamine groups is 2. The summed E-state index contributed by atoms with van der Waals surface area (Å²) in [5.41, 5.74) is 3.58. The van der Waals surface area contributed by atoms with Gasteiger partial charge in [-0.25, -0.2) is 9.86 Å². The average Bonchev–Trinajstić information content (AvgIpc) is 3.61. The van der Waals surface area contributed by atoms with Gasteiger partial charge in [0.05, 0.1) is 51.4 Å². The summed E-state index contributed by atoms with van der Waals surface area (Å²) in [6.45, 7) is 8.31. The second kappa shape index (κ2) is 14.3. The monoisotopic (exact) mass is 559 g/mol. The van der Waals surface area contributed by atoms with Crippen LogP contribution >= 0.6 is 0 Å². The molecular formula is C30H33N5O6. The second-order valence-electron chi connectivity index (χ2n) is 8.65. The number of aromatic carboxylic acids is 1. The third-order valence-electron chi connectivity index (χ3n) is 6.00. The summed E-state index contributed by atoms with van der Waals surface area (Å²) < 4.78 is 13.5. The zero-order chi connectivity index (χ0) is 29.9. The maximum atomic E-state index is 12.2. The molecule has 1 N–H and O–H groups in total. The van der Waals surface area contributed by atoms with E-state index in [0.717, 1.165) is 27.7 Å². The van der Waals surface area contributed by atoms with Crippen LogP contribution in [-0.2, 0) is 17.9 Å². The van der Waals surface area contributed by atoms with Crippen molar-refractivity contribution in [2.45, 2.75) is 13.1 Å². The van der Waals surface area contributed by atoms with Gasteiger partial charge in [0.1, 0.15) is 17.1 Å². The lowest BCUT2D eigenvalue weighted by molar-refractivity contribution is -0.0757. The predicted octanol–water partition coefficient (Wildman–Crippen LogP) is 4.50. The molecule has 4 aromatic rings. The molecule has 0 aliphatic rings. The number of nitrogens with zero attached hydrogens (tertiary/aromatic N) is 5. The highest BCUT2D eigenvalue weighted by Crippen LogP contribution is 2.16. The molecule has 0 saturated heterocycles. The van der Waals surface area contributed by atoms with Gasteiger partial charge in [0.15, 0.2) is 0 Å². The number of benzene rings is 2. The van der Waals surface area contributed by atoms with Crippen molar-refractivity contribution < 1.29 is 29.0 Å². The second-order valence-corrected chi connectivity index (χ2v) is 8.65. The van der Waals surface area contributed by atoms with Gasteiger partial charge in [-0.1, -0.05) is 37.4 Å². The topological polar surface area (TPSA) is 121 Å². The molecule has 0 radical (unpaired) electrons. The molecule has 0 aliphatic carbocycles. The fourth-order valence-corrected chi connectivity index (χ4v) is 3.75. The Labute approximate surface area is 238 Å². The number of carboxylic acid groups (broad SMARTS) is 1. The van der Waals surface area contributed by atoms with Gasteiger partial charge in [0.2, 0.25) is 0 Å². The minimum Gasteiger partial charge on any atom is -0.497 e. The van der Waals surface area contributed by atoms with Crippen LogP contribution in [0.3, 0.4) is 0 Å². The van der Waals surface area contributed by atoms with Gasteiger partial charge in [-0.15, -0.1) is 0 Å². The largest absolute Gasteiger partial charge is 0.497 e. The Balaban J connectivity index is 0.000000228. The van der Waals surface area contributed by atoms with Crippen molar-refractivity contribution in [2.24, 2.45) is 0 Å². The van der Waals surface area contributed by atoms with Crippen LogP contribution in [0.1, 0.15) is 43.2 Å². The smallest absolute Gasteiger partial charge is 0.339 e. The molecule has 2 aromatic heterocycles. The summed E-state index contributed by atoms with van der Waals surface area (Å²) in [6, 6.07) is 15.2. The Bertz CT molecular complexity index is 1490. The Hall–Kier alpha value is -5.16. The molecule has 0 aliphatic heterocycles. The Morgan fingerprint density at radius 2 is 1.22 bits per heavy atom. The molecule has 2 aromatic carbocycles. The Morgan fingerprint density at radius 3 is 1.56 bits per heavy atom. The molecule has 0 bridgehead atoms. The highest BCUT2D eigenvalue weighted by atomic mass is 16.7. The van der Waals surface area contributed by atoms with Crippen LogP contribution in [-0.4, -0.2) is 70.0 Å². The summed E-state index contributed by atoms with van der Waals surface area (Å²) in [6.07, 6.45) is 6.19. The first-order valence-electron chi connectivity index (χ1n) is 12.4. The molecule has 11 heteroatoms. The van der Waals surface area contributed by atoms with Crippen molar-refractivity contribution >= 4 is 24.0 Å². The highest BCUT2D eigenvalue weighted by Gasteiger charge is 2.18. The van der Waals surface area contributed by atoms with Gasteiger partial charge in [0.25, 0.3) is 5.91 Å². The maximum absolute atomic E-state index is 12.2. The number of carbonyl (C=O) groups excluding carboxylic acids is 1. The molecule has 0 spiro atoms. The lowest BCUT2D eigenvalue weighted by atomic mass is 10.2. The van der Waals surface area contributed by atoms with Crippen molar-refractivity contribution in [3.05, 3.63) is 108 Å². The van der Waals surface area contributed by atoms with Crippen molar-refractivity contribution in [2.75, 3.05) is 28.4 Å². The number of carboxylic acids is 1. The van der Waals surface area contributed by atoms with E-state index in [0.29, 0.717) is 30.0 Å². The number of carbonyl (C=O) groups is 2. The van der Waals surface area contributed by atoms with Gasteiger partial charge in [0, 0.05) is 19.4 Å². The van der Waals surface area contributed by atoms with Gasteiger partial charge in [-0.3, -0.25) is 19.0 Å². The van der Waals surface area contributed by atoms with E-state index in [1.54, 1.807) is 42.9 Å². The Kier molecular flexibility index (Phi) is 10.6.